The lowest BCUT2D eigenvalue weighted by Crippen LogP contribution is -2.31. The number of aliphatic hydroxyl groups is 1. The molecule has 94 valence electrons. The molecule has 1 aromatic rings. The second kappa shape index (κ2) is 5.50. The van der Waals surface area contributed by atoms with Crippen molar-refractivity contribution in [1.29, 1.82) is 0 Å². The van der Waals surface area contributed by atoms with Crippen molar-refractivity contribution < 1.29 is 15.0 Å². The molecule has 5 heteroatoms. The van der Waals surface area contributed by atoms with Crippen LogP contribution in [0.15, 0.2) is 15.9 Å². The van der Waals surface area contributed by atoms with E-state index in [2.05, 4.69) is 15.9 Å². The van der Waals surface area contributed by atoms with Crippen molar-refractivity contribution in [3.63, 3.8) is 0 Å². The van der Waals surface area contributed by atoms with Crippen LogP contribution in [0.4, 0.5) is 0 Å². The second-order valence-electron chi connectivity index (χ2n) is 4.47. The van der Waals surface area contributed by atoms with Crippen LogP contribution in [-0.2, 0) is 4.79 Å². The Hall–Kier alpha value is -0.390. The highest BCUT2D eigenvalue weighted by Gasteiger charge is 2.37. The molecule has 0 bridgehead atoms. The molecule has 3 nitrogen and oxygen atoms in total. The third kappa shape index (κ3) is 2.72. The Morgan fingerprint density at radius 3 is 2.76 bits per heavy atom. The monoisotopic (exact) mass is 318 g/mol. The van der Waals surface area contributed by atoms with E-state index in [4.69, 9.17) is 0 Å². The average Bonchev–Trinajstić information content (AvgIpc) is 2.74. The molecule has 2 N–H and O–H groups in total. The predicted octanol–water partition coefficient (Wildman–Crippen LogP) is 3.44. The molecule has 0 spiro atoms. The van der Waals surface area contributed by atoms with Gasteiger partial charge in [0.1, 0.15) is 0 Å². The topological polar surface area (TPSA) is 57.5 Å². The molecule has 1 aromatic heterocycles. The largest absolute Gasteiger partial charge is 0.481 e. The standard InChI is InChI=1S/C12H15BrO3S/c13-9-5-6-17-11(9)10(14)7-3-1-2-4-8(7)12(15)16/h5-8,10,14H,1-4H2,(H,15,16). The molecule has 1 saturated carbocycles. The maximum Gasteiger partial charge on any atom is 0.306 e. The van der Waals surface area contributed by atoms with Crippen LogP contribution in [-0.4, -0.2) is 16.2 Å². The molecule has 0 radical (unpaired) electrons. The number of rotatable bonds is 3. The fourth-order valence-electron chi connectivity index (χ4n) is 2.55. The zero-order valence-electron chi connectivity index (χ0n) is 9.30. The molecule has 1 aliphatic carbocycles. The molecule has 0 amide bonds. The number of thiophene rings is 1. The Bertz CT molecular complexity index is 404. The molecule has 0 saturated heterocycles. The fourth-order valence-corrected chi connectivity index (χ4v) is 4.22. The van der Waals surface area contributed by atoms with Gasteiger partial charge in [-0.2, -0.15) is 0 Å². The van der Waals surface area contributed by atoms with Gasteiger partial charge in [-0.15, -0.1) is 11.3 Å². The first-order valence-corrected chi connectivity index (χ1v) is 7.42. The zero-order chi connectivity index (χ0) is 12.4. The molecule has 3 unspecified atom stereocenters. The number of carbonyl (C=O) groups is 1. The summed E-state index contributed by atoms with van der Waals surface area (Å²) in [7, 11) is 0. The van der Waals surface area contributed by atoms with Crippen molar-refractivity contribution in [3.8, 4) is 0 Å². The van der Waals surface area contributed by atoms with E-state index in [1.165, 1.54) is 11.3 Å². The van der Waals surface area contributed by atoms with Gasteiger partial charge in [-0.1, -0.05) is 12.8 Å². The minimum absolute atomic E-state index is 0.156. The molecule has 3 atom stereocenters. The van der Waals surface area contributed by atoms with Crippen LogP contribution >= 0.6 is 27.3 Å². The van der Waals surface area contributed by atoms with E-state index in [-0.39, 0.29) is 5.92 Å². The van der Waals surface area contributed by atoms with Crippen LogP contribution in [0.3, 0.4) is 0 Å². The summed E-state index contributed by atoms with van der Waals surface area (Å²) in [6.07, 6.45) is 2.77. The van der Waals surface area contributed by atoms with E-state index in [0.29, 0.717) is 6.42 Å². The summed E-state index contributed by atoms with van der Waals surface area (Å²) < 4.78 is 0.879. The van der Waals surface area contributed by atoms with Gasteiger partial charge in [-0.05, 0) is 40.2 Å². The average molecular weight is 319 g/mol. The van der Waals surface area contributed by atoms with E-state index in [9.17, 15) is 15.0 Å². The molecular weight excluding hydrogens is 304 g/mol. The zero-order valence-corrected chi connectivity index (χ0v) is 11.7. The summed E-state index contributed by atoms with van der Waals surface area (Å²) in [5.41, 5.74) is 0. The number of aliphatic hydroxyl groups excluding tert-OH is 1. The third-order valence-corrected chi connectivity index (χ3v) is 5.40. The van der Waals surface area contributed by atoms with Gasteiger partial charge in [0.15, 0.2) is 0 Å². The minimum Gasteiger partial charge on any atom is -0.481 e. The number of hydrogen-bond acceptors (Lipinski definition) is 3. The van der Waals surface area contributed by atoms with Gasteiger partial charge < -0.3 is 10.2 Å². The summed E-state index contributed by atoms with van der Waals surface area (Å²) in [5, 5.41) is 21.5. The van der Waals surface area contributed by atoms with Crippen LogP contribution in [0.1, 0.15) is 36.7 Å². The molecule has 0 aliphatic heterocycles. The summed E-state index contributed by atoms with van der Waals surface area (Å²) in [4.78, 5) is 12.1. The molecule has 1 heterocycles. The Morgan fingerprint density at radius 2 is 2.18 bits per heavy atom. The van der Waals surface area contributed by atoms with Gasteiger partial charge in [0.2, 0.25) is 0 Å². The van der Waals surface area contributed by atoms with Gasteiger partial charge in [-0.25, -0.2) is 0 Å². The lowest BCUT2D eigenvalue weighted by Gasteiger charge is -2.31. The molecule has 17 heavy (non-hydrogen) atoms. The lowest BCUT2D eigenvalue weighted by atomic mass is 9.76. The highest BCUT2D eigenvalue weighted by atomic mass is 79.9. The SMILES string of the molecule is O=C(O)C1CCCCC1C(O)c1sccc1Br. The number of aliphatic carboxylic acids is 1. The van der Waals surface area contributed by atoms with E-state index >= 15 is 0 Å². The van der Waals surface area contributed by atoms with Gasteiger partial charge in [-0.3, -0.25) is 4.79 Å². The van der Waals surface area contributed by atoms with E-state index < -0.39 is 18.0 Å². The fraction of sp³-hybridized carbons (Fsp3) is 0.583. The number of carboxylic acids is 1. The predicted molar refractivity (Wildman–Crippen MR) is 70.1 cm³/mol. The summed E-state index contributed by atoms with van der Waals surface area (Å²) >= 11 is 4.87. The molecular formula is C12H15BrO3S. The van der Waals surface area contributed by atoms with Gasteiger partial charge in [0, 0.05) is 15.3 Å². The third-order valence-electron chi connectivity index (χ3n) is 3.46. The van der Waals surface area contributed by atoms with Crippen molar-refractivity contribution >= 4 is 33.2 Å². The van der Waals surface area contributed by atoms with Crippen LogP contribution in [0.2, 0.25) is 0 Å². The summed E-state index contributed by atoms with van der Waals surface area (Å²) in [5.74, 6) is -1.34. The normalized spacial score (nSPS) is 26.7. The molecule has 2 rings (SSSR count). The van der Waals surface area contributed by atoms with Gasteiger partial charge in [0.25, 0.3) is 0 Å². The smallest absolute Gasteiger partial charge is 0.306 e. The van der Waals surface area contributed by atoms with Crippen LogP contribution < -0.4 is 0 Å². The highest BCUT2D eigenvalue weighted by Crippen LogP contribution is 2.42. The van der Waals surface area contributed by atoms with Crippen LogP contribution in [0, 0.1) is 11.8 Å². The van der Waals surface area contributed by atoms with E-state index in [1.54, 1.807) is 0 Å². The van der Waals surface area contributed by atoms with E-state index in [1.807, 2.05) is 11.4 Å². The Kier molecular flexibility index (Phi) is 4.22. The van der Waals surface area contributed by atoms with Crippen LogP contribution in [0.5, 0.6) is 0 Å². The summed E-state index contributed by atoms with van der Waals surface area (Å²) in [6.45, 7) is 0. The lowest BCUT2D eigenvalue weighted by molar-refractivity contribution is -0.147. The second-order valence-corrected chi connectivity index (χ2v) is 6.27. The van der Waals surface area contributed by atoms with Gasteiger partial charge in [0.05, 0.1) is 12.0 Å². The Morgan fingerprint density at radius 1 is 1.47 bits per heavy atom. The van der Waals surface area contributed by atoms with Crippen LogP contribution in [0.25, 0.3) is 0 Å². The quantitative estimate of drug-likeness (QED) is 0.897. The molecule has 1 fully saturated rings. The Labute approximate surface area is 113 Å². The number of carboxylic acid groups (broad SMARTS) is 1. The molecule has 0 aromatic carbocycles. The Balaban J connectivity index is 2.19. The van der Waals surface area contributed by atoms with Gasteiger partial charge >= 0.3 is 5.97 Å². The molecule has 1 aliphatic rings. The maximum atomic E-state index is 11.2. The van der Waals surface area contributed by atoms with Crippen molar-refractivity contribution in [2.75, 3.05) is 0 Å². The van der Waals surface area contributed by atoms with Crippen molar-refractivity contribution in [1.82, 2.24) is 0 Å². The summed E-state index contributed by atoms with van der Waals surface area (Å²) in [6, 6.07) is 1.89. The van der Waals surface area contributed by atoms with E-state index in [0.717, 1.165) is 28.6 Å². The van der Waals surface area contributed by atoms with Crippen molar-refractivity contribution in [2.24, 2.45) is 11.8 Å². The highest BCUT2D eigenvalue weighted by molar-refractivity contribution is 9.10. The van der Waals surface area contributed by atoms with Crippen molar-refractivity contribution in [2.45, 2.75) is 31.8 Å². The first kappa shape index (κ1) is 13.1. The minimum atomic E-state index is -0.776. The number of hydrogen-bond donors (Lipinski definition) is 2. The van der Waals surface area contributed by atoms with Crippen molar-refractivity contribution in [3.05, 3.63) is 20.8 Å². The maximum absolute atomic E-state index is 11.2. The number of halogens is 1. The first-order chi connectivity index (χ1) is 8.11. The first-order valence-electron chi connectivity index (χ1n) is 5.75.